The summed E-state index contributed by atoms with van der Waals surface area (Å²) in [6.07, 6.45) is 0. The zero-order valence-electron chi connectivity index (χ0n) is 43.1. The zero-order valence-corrected chi connectivity index (χ0v) is 43.1. The van der Waals surface area contributed by atoms with Crippen LogP contribution in [0.3, 0.4) is 0 Å². The van der Waals surface area contributed by atoms with Crippen molar-refractivity contribution in [2.45, 2.75) is 19.3 Å². The summed E-state index contributed by atoms with van der Waals surface area (Å²) in [5.74, 6) is 0. The lowest BCUT2D eigenvalue weighted by molar-refractivity contribution is 0.663. The van der Waals surface area contributed by atoms with Gasteiger partial charge in [0.25, 0.3) is 0 Å². The van der Waals surface area contributed by atoms with E-state index >= 15 is 0 Å². The van der Waals surface area contributed by atoms with Gasteiger partial charge in [-0.25, -0.2) is 0 Å². The lowest BCUT2D eigenvalue weighted by Gasteiger charge is -2.30. The molecule has 0 spiro atoms. The summed E-state index contributed by atoms with van der Waals surface area (Å²) < 4.78 is 0. The molecule has 14 rings (SSSR count). The lowest BCUT2D eigenvalue weighted by Crippen LogP contribution is -2.18. The SMILES string of the molecule is CC1(C)c2cc(N(c3ccc(-c4ccccc4)cc3)c3ccc(-c4ccccc4)cc3)cc3ccc4cc(N(c5ccc(-c6ccccc6)cc5)c5ccc(-c6ccc(-c7cccc8ccccc78)cc6)cc5)cc1c4c23. The summed E-state index contributed by atoms with van der Waals surface area (Å²) in [4.78, 5) is 4.87. The third-order valence-corrected chi connectivity index (χ3v) is 16.0. The van der Waals surface area contributed by atoms with Crippen molar-refractivity contribution in [1.29, 1.82) is 0 Å². The summed E-state index contributed by atoms with van der Waals surface area (Å²) in [7, 11) is 0. The second-order valence-corrected chi connectivity index (χ2v) is 20.9. The van der Waals surface area contributed by atoms with Crippen LogP contribution in [-0.4, -0.2) is 0 Å². The van der Waals surface area contributed by atoms with Crippen LogP contribution in [0.4, 0.5) is 34.1 Å². The number of anilines is 6. The molecule has 0 unspecified atom stereocenters. The normalized spacial score (nSPS) is 12.4. The molecule has 0 saturated carbocycles. The molecule has 0 amide bonds. The molecule has 2 nitrogen and oxygen atoms in total. The molecular formula is C75H54N2. The molecule has 0 heterocycles. The number of nitrogens with zero attached hydrogens (tertiary/aromatic N) is 2. The molecule has 13 aromatic carbocycles. The van der Waals surface area contributed by atoms with Gasteiger partial charge >= 0.3 is 0 Å². The number of benzene rings is 13. The molecule has 0 fully saturated rings. The zero-order chi connectivity index (χ0) is 51.5. The van der Waals surface area contributed by atoms with E-state index in [4.69, 9.17) is 0 Å². The monoisotopic (exact) mass is 982 g/mol. The molecule has 0 saturated heterocycles. The number of hydrogen-bond acceptors (Lipinski definition) is 2. The van der Waals surface area contributed by atoms with Crippen LogP contribution in [0.5, 0.6) is 0 Å². The quantitative estimate of drug-likeness (QED) is 0.119. The van der Waals surface area contributed by atoms with Crippen molar-refractivity contribution in [2.75, 3.05) is 9.80 Å². The third kappa shape index (κ3) is 8.23. The second kappa shape index (κ2) is 18.9. The van der Waals surface area contributed by atoms with Gasteiger partial charge in [-0.15, -0.1) is 0 Å². The van der Waals surface area contributed by atoms with E-state index in [0.29, 0.717) is 0 Å². The van der Waals surface area contributed by atoms with Gasteiger partial charge in [-0.05, 0) is 172 Å². The van der Waals surface area contributed by atoms with E-state index in [1.54, 1.807) is 0 Å². The van der Waals surface area contributed by atoms with Gasteiger partial charge in [-0.1, -0.05) is 232 Å². The Labute approximate surface area is 451 Å². The van der Waals surface area contributed by atoms with Crippen LogP contribution >= 0.6 is 0 Å². The fraction of sp³-hybridized carbons (Fsp3) is 0.0400. The first-order valence-electron chi connectivity index (χ1n) is 26.7. The lowest BCUT2D eigenvalue weighted by atomic mass is 9.81. The maximum Gasteiger partial charge on any atom is 0.0471 e. The van der Waals surface area contributed by atoms with Crippen molar-refractivity contribution >= 4 is 66.4 Å². The maximum absolute atomic E-state index is 2.47. The minimum Gasteiger partial charge on any atom is -0.310 e. The fourth-order valence-corrected chi connectivity index (χ4v) is 12.0. The van der Waals surface area contributed by atoms with Gasteiger partial charge in [0.2, 0.25) is 0 Å². The van der Waals surface area contributed by atoms with E-state index in [1.165, 1.54) is 99.1 Å². The van der Waals surface area contributed by atoms with Crippen LogP contribution < -0.4 is 9.80 Å². The minimum absolute atomic E-state index is 0.308. The average molecular weight is 983 g/mol. The molecule has 0 aromatic heterocycles. The minimum atomic E-state index is -0.308. The fourth-order valence-electron chi connectivity index (χ4n) is 12.0. The second-order valence-electron chi connectivity index (χ2n) is 20.9. The van der Waals surface area contributed by atoms with Crippen LogP contribution in [0, 0.1) is 0 Å². The largest absolute Gasteiger partial charge is 0.310 e. The molecule has 0 atom stereocenters. The molecule has 13 aromatic rings. The van der Waals surface area contributed by atoms with Gasteiger partial charge in [-0.3, -0.25) is 0 Å². The first kappa shape index (κ1) is 45.8. The molecule has 1 aliphatic rings. The Balaban J connectivity index is 0.853. The van der Waals surface area contributed by atoms with Gasteiger partial charge in [0.05, 0.1) is 0 Å². The molecule has 77 heavy (non-hydrogen) atoms. The Kier molecular flexibility index (Phi) is 11.2. The highest BCUT2D eigenvalue weighted by atomic mass is 15.1. The Hall–Kier alpha value is -9.76. The van der Waals surface area contributed by atoms with E-state index in [-0.39, 0.29) is 5.41 Å². The van der Waals surface area contributed by atoms with Crippen LogP contribution in [0.15, 0.2) is 291 Å². The van der Waals surface area contributed by atoms with Gasteiger partial charge in [0, 0.05) is 39.5 Å². The summed E-state index contributed by atoms with van der Waals surface area (Å²) in [6, 6.07) is 107. The number of fused-ring (bicyclic) bond motifs is 1. The molecule has 0 bridgehead atoms. The first-order valence-corrected chi connectivity index (χ1v) is 26.7. The topological polar surface area (TPSA) is 6.48 Å². The predicted molar refractivity (Wildman–Crippen MR) is 328 cm³/mol. The highest BCUT2D eigenvalue weighted by Gasteiger charge is 2.36. The maximum atomic E-state index is 2.47. The summed E-state index contributed by atoms with van der Waals surface area (Å²) >= 11 is 0. The van der Waals surface area contributed by atoms with Gasteiger partial charge in [0.1, 0.15) is 0 Å². The van der Waals surface area contributed by atoms with E-state index in [1.807, 2.05) is 0 Å². The van der Waals surface area contributed by atoms with Crippen molar-refractivity contribution in [3.05, 3.63) is 302 Å². The van der Waals surface area contributed by atoms with Crippen molar-refractivity contribution in [1.82, 2.24) is 0 Å². The standard InChI is InChI=1S/C75H54N2/c1-75(2)71-49-67(76(63-39-31-55(32-40-63)51-15-6-3-7-16-51)64-41-33-56(34-42-64)52-17-8-4-9-18-52)47-61-29-30-62-48-68(50-72(75)74(62)73(61)71)77(65-43-35-57(36-44-65)53-19-10-5-11-20-53)66-45-37-58(38-46-66)54-25-27-60(28-26-54)70-24-14-22-59-21-12-13-23-69(59)70/h3-50H,1-2H3. The van der Waals surface area contributed by atoms with Crippen LogP contribution in [0.1, 0.15) is 25.0 Å². The Morgan fingerprint density at radius 3 is 0.935 bits per heavy atom. The Morgan fingerprint density at radius 2 is 0.545 bits per heavy atom. The van der Waals surface area contributed by atoms with E-state index in [0.717, 1.165) is 34.1 Å². The molecular weight excluding hydrogens is 929 g/mol. The average Bonchev–Trinajstić information content (AvgIpc) is 3.99. The van der Waals surface area contributed by atoms with Gasteiger partial charge in [-0.2, -0.15) is 0 Å². The van der Waals surface area contributed by atoms with Gasteiger partial charge in [0.15, 0.2) is 0 Å². The van der Waals surface area contributed by atoms with Crippen molar-refractivity contribution in [3.8, 4) is 55.6 Å². The molecule has 364 valence electrons. The van der Waals surface area contributed by atoms with Crippen molar-refractivity contribution < 1.29 is 0 Å². The first-order chi connectivity index (χ1) is 37.9. The summed E-state index contributed by atoms with van der Waals surface area (Å²) in [5.41, 5.74) is 21.1. The molecule has 1 aliphatic carbocycles. The van der Waals surface area contributed by atoms with Crippen LogP contribution in [-0.2, 0) is 5.41 Å². The van der Waals surface area contributed by atoms with Crippen LogP contribution in [0.2, 0.25) is 0 Å². The van der Waals surface area contributed by atoms with Crippen molar-refractivity contribution in [2.24, 2.45) is 0 Å². The number of hydrogen-bond donors (Lipinski definition) is 0. The molecule has 2 heteroatoms. The molecule has 0 aliphatic heterocycles. The van der Waals surface area contributed by atoms with Crippen molar-refractivity contribution in [3.63, 3.8) is 0 Å². The van der Waals surface area contributed by atoms with E-state index in [2.05, 4.69) is 315 Å². The smallest absolute Gasteiger partial charge is 0.0471 e. The predicted octanol–water partition coefficient (Wildman–Crippen LogP) is 21.1. The highest BCUT2D eigenvalue weighted by Crippen LogP contribution is 2.53. The summed E-state index contributed by atoms with van der Waals surface area (Å²) in [6.45, 7) is 4.83. The van der Waals surface area contributed by atoms with E-state index < -0.39 is 0 Å². The Bertz CT molecular complexity index is 4190. The van der Waals surface area contributed by atoms with E-state index in [9.17, 15) is 0 Å². The molecule has 0 N–H and O–H groups in total. The summed E-state index contributed by atoms with van der Waals surface area (Å²) in [5, 5.41) is 7.68. The number of rotatable bonds is 11. The third-order valence-electron chi connectivity index (χ3n) is 16.0. The molecule has 0 radical (unpaired) electrons. The Morgan fingerprint density at radius 1 is 0.234 bits per heavy atom. The van der Waals surface area contributed by atoms with Gasteiger partial charge < -0.3 is 9.80 Å². The highest BCUT2D eigenvalue weighted by molar-refractivity contribution is 6.17. The van der Waals surface area contributed by atoms with Crippen LogP contribution in [0.25, 0.3) is 88.0 Å².